The normalized spacial score (nSPS) is 10.9. The Morgan fingerprint density at radius 2 is 2.14 bits per heavy atom. The Morgan fingerprint density at radius 1 is 1.38 bits per heavy atom. The van der Waals surface area contributed by atoms with Gasteiger partial charge in [0.2, 0.25) is 10.0 Å². The van der Waals surface area contributed by atoms with Crippen molar-refractivity contribution in [1.82, 2.24) is 4.98 Å². The van der Waals surface area contributed by atoms with E-state index in [1.807, 2.05) is 6.07 Å². The maximum atomic E-state index is 12.1. The van der Waals surface area contributed by atoms with E-state index in [-0.39, 0.29) is 16.6 Å². The molecule has 2 aromatic rings. The number of rotatable bonds is 4. The van der Waals surface area contributed by atoms with Crippen LogP contribution >= 0.6 is 27.5 Å². The lowest BCUT2D eigenvalue weighted by atomic mass is 10.2. The molecule has 0 atom stereocenters. The van der Waals surface area contributed by atoms with Crippen LogP contribution in [-0.4, -0.2) is 13.4 Å². The molecule has 5 nitrogen and oxygen atoms in total. The smallest absolute Gasteiger partial charge is 0.237 e. The molecule has 1 N–H and O–H groups in total. The van der Waals surface area contributed by atoms with Crippen molar-refractivity contribution in [3.8, 4) is 6.07 Å². The van der Waals surface area contributed by atoms with Gasteiger partial charge in [-0.3, -0.25) is 4.72 Å². The van der Waals surface area contributed by atoms with Crippen LogP contribution in [0.4, 0.5) is 5.69 Å². The molecule has 1 heterocycles. The molecule has 0 radical (unpaired) electrons. The molecular formula is C13H9BrClN3O2S. The van der Waals surface area contributed by atoms with E-state index in [2.05, 4.69) is 25.6 Å². The van der Waals surface area contributed by atoms with Crippen molar-refractivity contribution < 1.29 is 8.42 Å². The van der Waals surface area contributed by atoms with Gasteiger partial charge in [-0.2, -0.15) is 5.26 Å². The Hall–Kier alpha value is -1.62. The monoisotopic (exact) mass is 385 g/mol. The summed E-state index contributed by atoms with van der Waals surface area (Å²) in [5, 5.41) is 8.88. The minimum absolute atomic E-state index is 0.0625. The van der Waals surface area contributed by atoms with E-state index in [1.54, 1.807) is 18.2 Å². The number of hydrogen-bond donors (Lipinski definition) is 1. The van der Waals surface area contributed by atoms with E-state index >= 15 is 0 Å². The lowest BCUT2D eigenvalue weighted by Crippen LogP contribution is -2.15. The van der Waals surface area contributed by atoms with E-state index in [0.717, 1.165) is 0 Å². The number of nitriles is 1. The van der Waals surface area contributed by atoms with Crippen LogP contribution in [0.5, 0.6) is 0 Å². The highest BCUT2D eigenvalue weighted by molar-refractivity contribution is 9.10. The first-order chi connectivity index (χ1) is 9.89. The lowest BCUT2D eigenvalue weighted by molar-refractivity contribution is 0.600. The SMILES string of the molecule is N#Cc1cccc(CS(=O)(=O)Nc2cc(Br)cnc2Cl)c1. The Bertz CT molecular complexity index is 818. The molecule has 0 bridgehead atoms. The number of halogens is 2. The largest absolute Gasteiger partial charge is 0.280 e. The highest BCUT2D eigenvalue weighted by Gasteiger charge is 2.15. The van der Waals surface area contributed by atoms with Gasteiger partial charge in [0, 0.05) is 10.7 Å². The molecule has 21 heavy (non-hydrogen) atoms. The summed E-state index contributed by atoms with van der Waals surface area (Å²) in [6.07, 6.45) is 1.47. The van der Waals surface area contributed by atoms with Crippen molar-refractivity contribution in [1.29, 1.82) is 5.26 Å². The number of benzene rings is 1. The van der Waals surface area contributed by atoms with Gasteiger partial charge in [0.05, 0.1) is 23.1 Å². The Labute approximate surface area is 135 Å². The molecule has 0 fully saturated rings. The minimum Gasteiger partial charge on any atom is -0.280 e. The number of sulfonamides is 1. The lowest BCUT2D eigenvalue weighted by Gasteiger charge is -2.09. The first-order valence-corrected chi connectivity index (χ1v) is 8.52. The zero-order valence-electron chi connectivity index (χ0n) is 10.5. The first kappa shape index (κ1) is 15.8. The summed E-state index contributed by atoms with van der Waals surface area (Å²) < 4.78 is 27.3. The molecular weight excluding hydrogens is 378 g/mol. The fourth-order valence-electron chi connectivity index (χ4n) is 1.65. The van der Waals surface area contributed by atoms with Crippen LogP contribution in [0.15, 0.2) is 41.0 Å². The summed E-state index contributed by atoms with van der Waals surface area (Å²) in [4.78, 5) is 3.85. The van der Waals surface area contributed by atoms with Crippen molar-refractivity contribution in [3.63, 3.8) is 0 Å². The first-order valence-electron chi connectivity index (χ1n) is 5.70. The molecule has 0 amide bonds. The number of aromatic nitrogens is 1. The third kappa shape index (κ3) is 4.43. The zero-order chi connectivity index (χ0) is 15.5. The summed E-state index contributed by atoms with van der Waals surface area (Å²) in [7, 11) is -3.66. The molecule has 0 aliphatic rings. The summed E-state index contributed by atoms with van der Waals surface area (Å²) in [6, 6.07) is 9.91. The van der Waals surface area contributed by atoms with Crippen molar-refractivity contribution in [3.05, 3.63) is 57.3 Å². The molecule has 108 valence electrons. The van der Waals surface area contributed by atoms with Crippen LogP contribution in [0.3, 0.4) is 0 Å². The molecule has 1 aromatic heterocycles. The second-order valence-corrected chi connectivity index (χ2v) is 7.16. The maximum absolute atomic E-state index is 12.1. The molecule has 0 saturated heterocycles. The van der Waals surface area contributed by atoms with Crippen LogP contribution in [-0.2, 0) is 15.8 Å². The topological polar surface area (TPSA) is 82.8 Å². The Balaban J connectivity index is 2.22. The van der Waals surface area contributed by atoms with E-state index in [9.17, 15) is 8.42 Å². The Kier molecular flexibility index (Phi) is 4.83. The van der Waals surface area contributed by atoms with Gasteiger partial charge in [-0.05, 0) is 39.7 Å². The highest BCUT2D eigenvalue weighted by atomic mass is 79.9. The average molecular weight is 387 g/mol. The van der Waals surface area contributed by atoms with E-state index in [0.29, 0.717) is 15.6 Å². The summed E-state index contributed by atoms with van der Waals surface area (Å²) in [5.41, 5.74) is 1.12. The molecule has 1 aromatic carbocycles. The van der Waals surface area contributed by atoms with Gasteiger partial charge in [-0.15, -0.1) is 0 Å². The van der Waals surface area contributed by atoms with Gasteiger partial charge in [-0.25, -0.2) is 13.4 Å². The second kappa shape index (κ2) is 6.43. The fraction of sp³-hybridized carbons (Fsp3) is 0.0769. The van der Waals surface area contributed by atoms with Crippen LogP contribution in [0.25, 0.3) is 0 Å². The van der Waals surface area contributed by atoms with Crippen molar-refractivity contribution in [2.24, 2.45) is 0 Å². The van der Waals surface area contributed by atoms with E-state index < -0.39 is 10.0 Å². The van der Waals surface area contributed by atoms with Gasteiger partial charge in [-0.1, -0.05) is 23.7 Å². The second-order valence-electron chi connectivity index (χ2n) is 4.17. The fourth-order valence-corrected chi connectivity index (χ4v) is 3.37. The molecule has 0 saturated carbocycles. The van der Waals surface area contributed by atoms with Gasteiger partial charge in [0.15, 0.2) is 5.15 Å². The summed E-state index contributed by atoms with van der Waals surface area (Å²) >= 11 is 9.05. The number of nitrogens with zero attached hydrogens (tertiary/aromatic N) is 2. The number of anilines is 1. The van der Waals surface area contributed by atoms with E-state index in [4.69, 9.17) is 16.9 Å². The zero-order valence-corrected chi connectivity index (χ0v) is 13.7. The van der Waals surface area contributed by atoms with Crippen molar-refractivity contribution in [2.75, 3.05) is 4.72 Å². The predicted octanol–water partition coefficient (Wildman–Crippen LogP) is 3.31. The van der Waals surface area contributed by atoms with E-state index in [1.165, 1.54) is 18.3 Å². The molecule has 2 rings (SSSR count). The quantitative estimate of drug-likeness (QED) is 0.817. The molecule has 0 spiro atoms. The van der Waals surface area contributed by atoms with Gasteiger partial charge in [0.1, 0.15) is 0 Å². The summed E-state index contributed by atoms with van der Waals surface area (Å²) in [5.74, 6) is -0.259. The molecule has 0 aliphatic heterocycles. The minimum atomic E-state index is -3.66. The average Bonchev–Trinajstić information content (AvgIpc) is 2.42. The summed E-state index contributed by atoms with van der Waals surface area (Å²) in [6.45, 7) is 0. The van der Waals surface area contributed by atoms with Crippen molar-refractivity contribution >= 4 is 43.2 Å². The Morgan fingerprint density at radius 3 is 2.86 bits per heavy atom. The number of hydrogen-bond acceptors (Lipinski definition) is 4. The standard InChI is InChI=1S/C13H9BrClN3O2S/c14-11-5-12(13(15)17-7-11)18-21(19,20)8-10-3-1-2-9(4-10)6-16/h1-5,7,18H,8H2. The number of nitrogens with one attached hydrogen (secondary N) is 1. The van der Waals surface area contributed by atoms with Crippen LogP contribution in [0.1, 0.15) is 11.1 Å². The third-order valence-corrected chi connectivity index (χ3v) is 4.46. The van der Waals surface area contributed by atoms with Crippen LogP contribution in [0, 0.1) is 11.3 Å². The third-order valence-electron chi connectivity index (χ3n) is 2.48. The number of pyridine rings is 1. The predicted molar refractivity (Wildman–Crippen MR) is 84.4 cm³/mol. The van der Waals surface area contributed by atoms with Crippen LogP contribution in [0.2, 0.25) is 5.15 Å². The van der Waals surface area contributed by atoms with Gasteiger partial charge >= 0.3 is 0 Å². The van der Waals surface area contributed by atoms with Crippen molar-refractivity contribution in [2.45, 2.75) is 5.75 Å². The molecule has 0 aliphatic carbocycles. The van der Waals surface area contributed by atoms with Gasteiger partial charge < -0.3 is 0 Å². The van der Waals surface area contributed by atoms with Gasteiger partial charge in [0.25, 0.3) is 0 Å². The maximum Gasteiger partial charge on any atom is 0.237 e. The molecule has 0 unspecified atom stereocenters. The van der Waals surface area contributed by atoms with Crippen LogP contribution < -0.4 is 4.72 Å². The molecule has 8 heteroatoms. The highest BCUT2D eigenvalue weighted by Crippen LogP contribution is 2.24.